The summed E-state index contributed by atoms with van der Waals surface area (Å²) < 4.78 is 60.9. The number of hydrogen-bond acceptors (Lipinski definition) is 6. The van der Waals surface area contributed by atoms with Gasteiger partial charge in [-0.1, -0.05) is 32.0 Å². The van der Waals surface area contributed by atoms with Crippen LogP contribution in [0.1, 0.15) is 38.8 Å². The van der Waals surface area contributed by atoms with Crippen molar-refractivity contribution in [3.63, 3.8) is 0 Å². The molecular weight excluding hydrogens is 454 g/mol. The van der Waals surface area contributed by atoms with Gasteiger partial charge in [-0.2, -0.15) is 0 Å². The van der Waals surface area contributed by atoms with Crippen LogP contribution in [0.25, 0.3) is 0 Å². The van der Waals surface area contributed by atoms with Crippen LogP contribution in [0.2, 0.25) is 0 Å². The van der Waals surface area contributed by atoms with Crippen LogP contribution in [0.5, 0.6) is 5.75 Å². The molecule has 0 bridgehead atoms. The molecule has 0 unspecified atom stereocenters. The maximum atomic E-state index is 13.6. The molecule has 0 aliphatic rings. The van der Waals surface area contributed by atoms with Gasteiger partial charge in [-0.25, -0.2) is 17.2 Å². The first kappa shape index (κ1) is 26.4. The van der Waals surface area contributed by atoms with Gasteiger partial charge in [-0.3, -0.25) is 9.52 Å². The molecule has 180 valence electrons. The maximum Gasteiger partial charge on any atom is 0.270 e. The van der Waals surface area contributed by atoms with Gasteiger partial charge in [0.2, 0.25) is 5.78 Å². The van der Waals surface area contributed by atoms with Crippen molar-refractivity contribution in [3.05, 3.63) is 53.6 Å². The topological polar surface area (TPSA) is 117 Å². The Morgan fingerprint density at radius 2 is 1.88 bits per heavy atom. The number of benzene rings is 2. The predicted molar refractivity (Wildman–Crippen MR) is 122 cm³/mol. The number of rotatable bonds is 11. The van der Waals surface area contributed by atoms with Gasteiger partial charge in [0.05, 0.1) is 12.3 Å². The molecule has 3 N–H and O–H groups in total. The van der Waals surface area contributed by atoms with Crippen molar-refractivity contribution >= 4 is 27.2 Å². The van der Waals surface area contributed by atoms with Gasteiger partial charge < -0.3 is 15.3 Å². The molecule has 0 heterocycles. The van der Waals surface area contributed by atoms with E-state index >= 15 is 0 Å². The number of hydrogen-bond donors (Lipinski definition) is 3. The van der Waals surface area contributed by atoms with Crippen LogP contribution in [0, 0.1) is 11.3 Å². The fourth-order valence-corrected chi connectivity index (χ4v) is 4.17. The lowest BCUT2D eigenvalue weighted by atomic mass is 9.96. The van der Waals surface area contributed by atoms with Gasteiger partial charge in [0.1, 0.15) is 16.7 Å². The van der Waals surface area contributed by atoms with Crippen molar-refractivity contribution in [1.82, 2.24) is 0 Å². The van der Waals surface area contributed by atoms with E-state index in [9.17, 15) is 27.1 Å². The largest absolute Gasteiger partial charge is 0.492 e. The minimum Gasteiger partial charge on any atom is -0.492 e. The van der Waals surface area contributed by atoms with Gasteiger partial charge >= 0.3 is 0 Å². The van der Waals surface area contributed by atoms with Gasteiger partial charge in [-0.15, -0.1) is 0 Å². The lowest BCUT2D eigenvalue weighted by Crippen LogP contribution is -2.33. The second-order valence-corrected chi connectivity index (χ2v) is 9.65. The quantitative estimate of drug-likeness (QED) is 0.416. The maximum absolute atomic E-state index is 13.6. The van der Waals surface area contributed by atoms with E-state index in [1.165, 1.54) is 36.4 Å². The molecule has 0 saturated heterocycles. The zero-order valence-electron chi connectivity index (χ0n) is 18.9. The molecule has 0 amide bonds. The van der Waals surface area contributed by atoms with E-state index in [2.05, 4.69) is 4.72 Å². The first-order valence-electron chi connectivity index (χ1n) is 10.3. The third-order valence-electron chi connectivity index (χ3n) is 4.80. The van der Waals surface area contributed by atoms with Crippen molar-refractivity contribution < 1.29 is 31.8 Å². The number of alkyl halides is 2. The molecule has 0 aliphatic carbocycles. The number of carbonyl (C=O) groups is 1. The van der Waals surface area contributed by atoms with E-state index in [4.69, 9.17) is 10.1 Å². The molecular formula is C23H28F2N2O5S. The Kier molecular flexibility index (Phi) is 8.31. The van der Waals surface area contributed by atoms with Crippen LogP contribution in [-0.2, 0) is 27.2 Å². The number of Topliss-reactive ketones (excluding diaryl/α,β-unsaturated/α-hetero) is 1. The Bertz CT molecular complexity index is 1130. The zero-order valence-corrected chi connectivity index (χ0v) is 19.7. The molecule has 0 spiro atoms. The minimum absolute atomic E-state index is 0.0101. The Labute approximate surface area is 192 Å². The highest BCUT2D eigenvalue weighted by atomic mass is 32.2. The highest BCUT2D eigenvalue weighted by Gasteiger charge is 2.27. The molecule has 0 fully saturated rings. The van der Waals surface area contributed by atoms with Gasteiger partial charge in [0.25, 0.3) is 15.9 Å². The molecule has 2 aromatic rings. The lowest BCUT2D eigenvalue weighted by molar-refractivity contribution is -0.122. The number of anilines is 1. The Balaban J connectivity index is 2.33. The zero-order chi connectivity index (χ0) is 25.0. The SMILES string of the molecule is CCOc1cc(CC(=N)C(=O)[C@@H](O)C(C)C)ccc1S(=O)(=O)Nc1cccc(C(C)(F)F)c1. The molecule has 2 rings (SSSR count). The Morgan fingerprint density at radius 1 is 1.21 bits per heavy atom. The molecule has 0 saturated carbocycles. The van der Waals surface area contributed by atoms with Gasteiger partial charge in [-0.05, 0) is 42.7 Å². The summed E-state index contributed by atoms with van der Waals surface area (Å²) in [7, 11) is -4.20. The second-order valence-electron chi connectivity index (χ2n) is 8.00. The van der Waals surface area contributed by atoms with E-state index in [-0.39, 0.29) is 46.6 Å². The van der Waals surface area contributed by atoms with E-state index in [1.807, 2.05) is 0 Å². The third-order valence-corrected chi connectivity index (χ3v) is 6.22. The van der Waals surface area contributed by atoms with Crippen LogP contribution in [0.15, 0.2) is 47.4 Å². The molecule has 1 atom stereocenters. The van der Waals surface area contributed by atoms with Crippen LogP contribution in [0.3, 0.4) is 0 Å². The Hall–Kier alpha value is -2.85. The summed E-state index contributed by atoms with van der Waals surface area (Å²) in [5, 5.41) is 17.9. The van der Waals surface area contributed by atoms with Gasteiger partial charge in [0.15, 0.2) is 0 Å². The van der Waals surface area contributed by atoms with Crippen molar-refractivity contribution in [2.24, 2.45) is 5.92 Å². The van der Waals surface area contributed by atoms with Crippen LogP contribution < -0.4 is 9.46 Å². The minimum atomic E-state index is -4.20. The Morgan fingerprint density at radius 3 is 2.45 bits per heavy atom. The summed E-state index contributed by atoms with van der Waals surface area (Å²) >= 11 is 0. The molecule has 0 radical (unpaired) electrons. The van der Waals surface area contributed by atoms with E-state index < -0.39 is 27.8 Å². The molecule has 33 heavy (non-hydrogen) atoms. The van der Waals surface area contributed by atoms with E-state index in [0.717, 1.165) is 13.0 Å². The van der Waals surface area contributed by atoms with Crippen molar-refractivity contribution in [3.8, 4) is 5.75 Å². The fourth-order valence-electron chi connectivity index (χ4n) is 2.99. The molecule has 2 aromatic carbocycles. The number of carbonyl (C=O) groups excluding carboxylic acids is 1. The smallest absolute Gasteiger partial charge is 0.270 e. The van der Waals surface area contributed by atoms with Crippen LogP contribution in [-0.4, -0.2) is 37.7 Å². The van der Waals surface area contributed by atoms with E-state index in [0.29, 0.717) is 5.56 Å². The second kappa shape index (κ2) is 10.4. The number of ketones is 1. The summed E-state index contributed by atoms with van der Waals surface area (Å²) in [5.74, 6) is -4.19. The normalized spacial score (nSPS) is 13.0. The first-order valence-corrected chi connectivity index (χ1v) is 11.8. The number of aliphatic hydroxyl groups is 1. The lowest BCUT2D eigenvalue weighted by Gasteiger charge is -2.16. The van der Waals surface area contributed by atoms with Crippen molar-refractivity contribution in [2.75, 3.05) is 11.3 Å². The number of nitrogens with one attached hydrogen (secondary N) is 2. The van der Waals surface area contributed by atoms with Crippen molar-refractivity contribution in [2.45, 2.75) is 51.0 Å². The highest BCUT2D eigenvalue weighted by molar-refractivity contribution is 7.92. The number of aliphatic hydroxyl groups excluding tert-OH is 1. The molecule has 7 nitrogen and oxygen atoms in total. The average Bonchev–Trinajstić information content (AvgIpc) is 2.72. The summed E-state index contributed by atoms with van der Waals surface area (Å²) in [4.78, 5) is 11.9. The van der Waals surface area contributed by atoms with Crippen LogP contribution >= 0.6 is 0 Å². The highest BCUT2D eigenvalue weighted by Crippen LogP contribution is 2.31. The molecule has 10 heteroatoms. The fraction of sp³-hybridized carbons (Fsp3) is 0.391. The van der Waals surface area contributed by atoms with Crippen molar-refractivity contribution in [1.29, 1.82) is 5.41 Å². The van der Waals surface area contributed by atoms with Gasteiger partial charge in [0, 0.05) is 24.6 Å². The van der Waals surface area contributed by atoms with Crippen LogP contribution in [0.4, 0.5) is 14.5 Å². The average molecular weight is 483 g/mol. The molecule has 0 aromatic heterocycles. The molecule has 0 aliphatic heterocycles. The first-order chi connectivity index (χ1) is 15.3. The summed E-state index contributed by atoms with van der Waals surface area (Å²) in [6.07, 6.45) is -1.41. The monoisotopic (exact) mass is 482 g/mol. The summed E-state index contributed by atoms with van der Waals surface area (Å²) in [6.45, 7) is 5.84. The van der Waals surface area contributed by atoms with E-state index in [1.54, 1.807) is 20.8 Å². The number of ether oxygens (including phenoxy) is 1. The number of halogens is 2. The standard InChI is InChI=1S/C23H28F2N2O5S/c1-5-32-19-12-15(11-18(26)22(29)21(28)14(2)3)9-10-20(19)33(30,31)27-17-8-6-7-16(13-17)23(4,24)25/h6-10,12-14,21,26-28H,5,11H2,1-4H3/t21-/m0/s1. The third kappa shape index (κ3) is 6.82. The predicted octanol–water partition coefficient (Wildman–Crippen LogP) is 4.15. The summed E-state index contributed by atoms with van der Waals surface area (Å²) in [5.41, 5.74) is -0.241. The summed E-state index contributed by atoms with van der Waals surface area (Å²) in [6, 6.07) is 9.02. The number of sulfonamides is 1.